The Morgan fingerprint density at radius 1 is 1.24 bits per heavy atom. The van der Waals surface area contributed by atoms with E-state index in [0.717, 1.165) is 27.8 Å². The van der Waals surface area contributed by atoms with Crippen LogP contribution in [0.5, 0.6) is 0 Å². The highest BCUT2D eigenvalue weighted by Crippen LogP contribution is 2.38. The van der Waals surface area contributed by atoms with E-state index >= 15 is 0 Å². The molecule has 0 aliphatic heterocycles. The Bertz CT molecular complexity index is 1070. The number of aryl methyl sites for hydroxylation is 2. The third-order valence-corrected chi connectivity index (χ3v) is 6.30. The molecule has 3 aromatic rings. The smallest absolute Gasteiger partial charge is 0.192 e. The molecule has 2 heterocycles. The van der Waals surface area contributed by atoms with Crippen molar-refractivity contribution in [2.45, 2.75) is 51.4 Å². The Morgan fingerprint density at radius 3 is 2.72 bits per heavy atom. The number of aromatic nitrogens is 4. The van der Waals surface area contributed by atoms with Crippen LogP contribution in [-0.4, -0.2) is 30.9 Å². The number of carbonyl (C=O) groups excluding carboxylic acids is 1. The predicted molar refractivity (Wildman–Crippen MR) is 118 cm³/mol. The Kier molecular flexibility index (Phi) is 5.46. The zero-order valence-electron chi connectivity index (χ0n) is 17.2. The molecule has 0 saturated heterocycles. The van der Waals surface area contributed by atoms with E-state index in [-0.39, 0.29) is 5.78 Å². The van der Waals surface area contributed by atoms with E-state index in [1.807, 2.05) is 28.8 Å². The largest absolute Gasteiger partial charge is 0.345 e. The van der Waals surface area contributed by atoms with Gasteiger partial charge in [0.05, 0.1) is 5.75 Å². The van der Waals surface area contributed by atoms with Crippen molar-refractivity contribution in [1.29, 1.82) is 0 Å². The number of hydrogen-bond acceptors (Lipinski definition) is 4. The fourth-order valence-corrected chi connectivity index (χ4v) is 4.68. The summed E-state index contributed by atoms with van der Waals surface area (Å²) in [6.45, 7) is 10.7. The van der Waals surface area contributed by atoms with Crippen molar-refractivity contribution >= 4 is 17.5 Å². The Labute approximate surface area is 175 Å². The van der Waals surface area contributed by atoms with Gasteiger partial charge in [0.2, 0.25) is 0 Å². The molecule has 1 fully saturated rings. The first-order valence-corrected chi connectivity index (χ1v) is 10.9. The normalized spacial score (nSPS) is 13.6. The summed E-state index contributed by atoms with van der Waals surface area (Å²) < 4.78 is 4.33. The Hall–Kier alpha value is -2.60. The molecule has 150 valence electrons. The van der Waals surface area contributed by atoms with Gasteiger partial charge in [-0.25, -0.2) is 0 Å². The van der Waals surface area contributed by atoms with Crippen LogP contribution in [0.4, 0.5) is 0 Å². The van der Waals surface area contributed by atoms with Crippen molar-refractivity contribution in [3.63, 3.8) is 0 Å². The summed E-state index contributed by atoms with van der Waals surface area (Å²) in [6, 6.07) is 10.8. The average Bonchev–Trinajstić information content (AvgIpc) is 3.37. The van der Waals surface area contributed by atoms with Gasteiger partial charge in [0.15, 0.2) is 16.8 Å². The van der Waals surface area contributed by atoms with Crippen LogP contribution in [0.2, 0.25) is 0 Å². The van der Waals surface area contributed by atoms with Gasteiger partial charge >= 0.3 is 0 Å². The molecule has 0 spiro atoms. The summed E-state index contributed by atoms with van der Waals surface area (Å²) >= 11 is 1.44. The molecule has 0 radical (unpaired) electrons. The Balaban J connectivity index is 1.55. The molecule has 5 nitrogen and oxygen atoms in total. The Morgan fingerprint density at radius 2 is 2.03 bits per heavy atom. The van der Waals surface area contributed by atoms with E-state index in [4.69, 9.17) is 0 Å². The fraction of sp³-hybridized carbons (Fsp3) is 0.348. The van der Waals surface area contributed by atoms with Crippen LogP contribution >= 0.6 is 11.8 Å². The standard InChI is InChI=1S/C23H26N4OS/c1-5-11-26-22(18-8-6-7-15(2)12-18)24-25-23(26)29-14-21(28)20-13-16(3)27(17(20)4)19-9-10-19/h5-8,12-13,19H,1,9-11,14H2,2-4H3. The lowest BCUT2D eigenvalue weighted by Gasteiger charge is -2.09. The van der Waals surface area contributed by atoms with E-state index in [1.54, 1.807) is 0 Å². The molecule has 1 saturated carbocycles. The van der Waals surface area contributed by atoms with E-state index < -0.39 is 0 Å². The van der Waals surface area contributed by atoms with Gasteiger partial charge < -0.3 is 4.57 Å². The predicted octanol–water partition coefficient (Wildman–Crippen LogP) is 5.17. The van der Waals surface area contributed by atoms with Gasteiger partial charge in [-0.1, -0.05) is 41.6 Å². The maximum Gasteiger partial charge on any atom is 0.192 e. The number of Topliss-reactive ketones (excluding diaryl/α,β-unsaturated/α-hetero) is 1. The number of hydrogen-bond donors (Lipinski definition) is 0. The van der Waals surface area contributed by atoms with Gasteiger partial charge in [0.1, 0.15) is 0 Å². The summed E-state index contributed by atoms with van der Waals surface area (Å²) in [6.07, 6.45) is 4.26. The topological polar surface area (TPSA) is 52.7 Å². The van der Waals surface area contributed by atoms with Crippen LogP contribution in [0, 0.1) is 20.8 Å². The number of thioether (sulfide) groups is 1. The molecule has 1 aliphatic rings. The number of rotatable bonds is 8. The van der Waals surface area contributed by atoms with Crippen LogP contribution in [0.3, 0.4) is 0 Å². The molecule has 2 aromatic heterocycles. The van der Waals surface area contributed by atoms with Gasteiger partial charge in [-0.2, -0.15) is 0 Å². The molecular formula is C23H26N4OS. The lowest BCUT2D eigenvalue weighted by atomic mass is 10.1. The summed E-state index contributed by atoms with van der Waals surface area (Å²) in [5.74, 6) is 1.29. The zero-order valence-corrected chi connectivity index (χ0v) is 18.0. The second-order valence-electron chi connectivity index (χ2n) is 7.67. The average molecular weight is 407 g/mol. The molecule has 1 aromatic carbocycles. The summed E-state index contributed by atoms with van der Waals surface area (Å²) in [4.78, 5) is 12.9. The van der Waals surface area contributed by atoms with E-state index in [1.165, 1.54) is 35.9 Å². The first kappa shape index (κ1) is 19.7. The molecule has 6 heteroatoms. The number of carbonyl (C=O) groups is 1. The minimum absolute atomic E-state index is 0.139. The number of allylic oxidation sites excluding steroid dienone is 1. The highest BCUT2D eigenvalue weighted by atomic mass is 32.2. The van der Waals surface area contributed by atoms with Crippen molar-refractivity contribution in [3.8, 4) is 11.4 Å². The number of benzene rings is 1. The first-order valence-electron chi connectivity index (χ1n) is 9.95. The van der Waals surface area contributed by atoms with Crippen molar-refractivity contribution in [3.05, 3.63) is 65.5 Å². The summed E-state index contributed by atoms with van der Waals surface area (Å²) in [7, 11) is 0. The van der Waals surface area contributed by atoms with Crippen LogP contribution in [0.1, 0.15) is 46.2 Å². The number of ketones is 1. The van der Waals surface area contributed by atoms with Crippen molar-refractivity contribution < 1.29 is 4.79 Å². The summed E-state index contributed by atoms with van der Waals surface area (Å²) in [5.41, 5.74) is 5.28. The van der Waals surface area contributed by atoms with E-state index in [0.29, 0.717) is 18.3 Å². The lowest BCUT2D eigenvalue weighted by Crippen LogP contribution is -2.07. The van der Waals surface area contributed by atoms with E-state index in [2.05, 4.69) is 54.2 Å². The highest BCUT2D eigenvalue weighted by molar-refractivity contribution is 7.99. The molecule has 1 aliphatic carbocycles. The van der Waals surface area contributed by atoms with Gasteiger partial charge in [0.25, 0.3) is 0 Å². The molecule has 0 bridgehead atoms. The molecule has 0 amide bonds. The van der Waals surface area contributed by atoms with Crippen molar-refractivity contribution in [2.75, 3.05) is 5.75 Å². The van der Waals surface area contributed by atoms with Gasteiger partial charge in [-0.15, -0.1) is 16.8 Å². The molecule has 0 atom stereocenters. The zero-order chi connectivity index (χ0) is 20.5. The molecule has 29 heavy (non-hydrogen) atoms. The number of nitrogens with zero attached hydrogens (tertiary/aromatic N) is 4. The van der Waals surface area contributed by atoms with Gasteiger partial charge in [0, 0.05) is 35.1 Å². The maximum absolute atomic E-state index is 12.9. The quantitative estimate of drug-likeness (QED) is 0.294. The maximum atomic E-state index is 12.9. The molecule has 0 N–H and O–H groups in total. The second-order valence-corrected chi connectivity index (χ2v) is 8.62. The summed E-state index contributed by atoms with van der Waals surface area (Å²) in [5, 5.41) is 9.49. The SMILES string of the molecule is C=CCn1c(SCC(=O)c2cc(C)n(C3CC3)c2C)nnc1-c1cccc(C)c1. The van der Waals surface area contributed by atoms with Crippen LogP contribution < -0.4 is 0 Å². The van der Waals surface area contributed by atoms with Crippen molar-refractivity contribution in [2.24, 2.45) is 0 Å². The third kappa shape index (κ3) is 3.94. The van der Waals surface area contributed by atoms with E-state index in [9.17, 15) is 4.79 Å². The highest BCUT2D eigenvalue weighted by Gasteiger charge is 2.28. The molecule has 0 unspecified atom stereocenters. The van der Waals surface area contributed by atoms with Gasteiger partial charge in [-0.3, -0.25) is 9.36 Å². The molecule has 4 rings (SSSR count). The monoisotopic (exact) mass is 406 g/mol. The minimum atomic E-state index is 0.139. The lowest BCUT2D eigenvalue weighted by molar-refractivity contribution is 0.102. The first-order chi connectivity index (χ1) is 14.0. The molecular weight excluding hydrogens is 380 g/mol. The van der Waals surface area contributed by atoms with Crippen LogP contribution in [0.15, 0.2) is 48.1 Å². The van der Waals surface area contributed by atoms with Gasteiger partial charge in [-0.05, 0) is 45.7 Å². The minimum Gasteiger partial charge on any atom is -0.345 e. The third-order valence-electron chi connectivity index (χ3n) is 5.33. The van der Waals surface area contributed by atoms with Crippen molar-refractivity contribution in [1.82, 2.24) is 19.3 Å². The van der Waals surface area contributed by atoms with Crippen LogP contribution in [0.25, 0.3) is 11.4 Å². The fourth-order valence-electron chi connectivity index (χ4n) is 3.85. The van der Waals surface area contributed by atoms with Crippen LogP contribution in [-0.2, 0) is 6.54 Å². The second kappa shape index (κ2) is 8.03.